The first-order valence-electron chi connectivity index (χ1n) is 6.38. The molecule has 0 aliphatic heterocycles. The van der Waals surface area contributed by atoms with E-state index in [-0.39, 0.29) is 5.56 Å². The normalized spacial score (nSPS) is 11.3. The lowest BCUT2D eigenvalue weighted by Gasteiger charge is -2.03. The Morgan fingerprint density at radius 3 is 2.86 bits per heavy atom. The van der Waals surface area contributed by atoms with E-state index in [9.17, 15) is 4.79 Å². The second-order valence-corrected chi connectivity index (χ2v) is 4.70. The van der Waals surface area contributed by atoms with Gasteiger partial charge < -0.3 is 20.4 Å². The second-order valence-electron chi connectivity index (χ2n) is 4.70. The Morgan fingerprint density at radius 1 is 1.32 bits per heavy atom. The van der Waals surface area contributed by atoms with Crippen molar-refractivity contribution in [1.29, 1.82) is 0 Å². The van der Waals surface area contributed by atoms with E-state index in [4.69, 9.17) is 16.0 Å². The molecule has 3 rings (SSSR count). The molecule has 110 valence electrons. The highest BCUT2D eigenvalue weighted by molar-refractivity contribution is 5.91. The fraction of sp³-hybridized carbons (Fsp3) is 0. The zero-order chi connectivity index (χ0) is 15.7. The van der Waals surface area contributed by atoms with Gasteiger partial charge in [-0.05, 0) is 24.3 Å². The highest BCUT2D eigenvalue weighted by Crippen LogP contribution is 2.24. The molecular weight excluding hydrogens is 284 g/mol. The number of pyridine rings is 1. The molecule has 2 aromatic heterocycles. The van der Waals surface area contributed by atoms with Crippen LogP contribution in [0, 0.1) is 0 Å². The van der Waals surface area contributed by atoms with Crippen molar-refractivity contribution in [2.24, 2.45) is 5.16 Å². The minimum atomic E-state index is -1.01. The van der Waals surface area contributed by atoms with Gasteiger partial charge in [0.2, 0.25) is 0 Å². The number of oxime groups is 1. The molecule has 7 nitrogen and oxygen atoms in total. The molecule has 2 heterocycles. The highest BCUT2D eigenvalue weighted by Gasteiger charge is 2.11. The largest absolute Gasteiger partial charge is 0.478 e. The number of imidazole rings is 1. The van der Waals surface area contributed by atoms with Crippen molar-refractivity contribution in [1.82, 2.24) is 9.38 Å². The third kappa shape index (κ3) is 2.35. The zero-order valence-corrected chi connectivity index (χ0v) is 11.3. The molecule has 0 saturated heterocycles. The molecule has 0 aliphatic carbocycles. The van der Waals surface area contributed by atoms with Crippen LogP contribution < -0.4 is 5.73 Å². The van der Waals surface area contributed by atoms with Gasteiger partial charge in [-0.1, -0.05) is 11.2 Å². The van der Waals surface area contributed by atoms with Crippen molar-refractivity contribution >= 4 is 23.5 Å². The summed E-state index contributed by atoms with van der Waals surface area (Å²) in [6.45, 7) is 0. The Balaban J connectivity index is 2.16. The molecule has 22 heavy (non-hydrogen) atoms. The molecule has 0 fully saturated rings. The van der Waals surface area contributed by atoms with E-state index in [0.717, 1.165) is 5.56 Å². The number of hydrogen-bond donors (Lipinski definition) is 3. The quantitative estimate of drug-likeness (QED) is 0.296. The van der Waals surface area contributed by atoms with Crippen molar-refractivity contribution in [2.75, 3.05) is 5.73 Å². The molecule has 0 bridgehead atoms. The van der Waals surface area contributed by atoms with Gasteiger partial charge in [-0.2, -0.15) is 0 Å². The molecule has 0 amide bonds. The van der Waals surface area contributed by atoms with Crippen LogP contribution in [0.4, 0.5) is 5.69 Å². The first kappa shape index (κ1) is 13.6. The van der Waals surface area contributed by atoms with Crippen LogP contribution in [0.3, 0.4) is 0 Å². The molecule has 0 aliphatic rings. The maximum Gasteiger partial charge on any atom is 0.335 e. The summed E-state index contributed by atoms with van der Waals surface area (Å²) in [5.41, 5.74) is 8.91. The first-order chi connectivity index (χ1) is 10.6. The molecule has 7 heteroatoms. The number of benzene rings is 1. The van der Waals surface area contributed by atoms with Gasteiger partial charge in [-0.3, -0.25) is 0 Å². The van der Waals surface area contributed by atoms with Gasteiger partial charge in [0.1, 0.15) is 5.65 Å². The Labute approximate surface area is 124 Å². The van der Waals surface area contributed by atoms with Crippen LogP contribution in [0.2, 0.25) is 0 Å². The van der Waals surface area contributed by atoms with Gasteiger partial charge in [0.15, 0.2) is 0 Å². The van der Waals surface area contributed by atoms with Gasteiger partial charge in [-0.15, -0.1) is 0 Å². The molecule has 4 N–H and O–H groups in total. The molecule has 0 atom stereocenters. The van der Waals surface area contributed by atoms with Crippen molar-refractivity contribution in [3.05, 3.63) is 53.9 Å². The number of hydrogen-bond acceptors (Lipinski definition) is 5. The summed E-state index contributed by atoms with van der Waals surface area (Å²) in [4.78, 5) is 15.4. The highest BCUT2D eigenvalue weighted by atomic mass is 16.4. The summed E-state index contributed by atoms with van der Waals surface area (Å²) >= 11 is 0. The number of anilines is 1. The van der Waals surface area contributed by atoms with Crippen LogP contribution in [0.5, 0.6) is 0 Å². The molecule has 0 radical (unpaired) electrons. The predicted molar refractivity (Wildman–Crippen MR) is 81.4 cm³/mol. The number of carboxylic acids is 1. The molecule has 3 aromatic rings. The summed E-state index contributed by atoms with van der Waals surface area (Å²) in [5.74, 6) is -1.01. The average molecular weight is 296 g/mol. The fourth-order valence-electron chi connectivity index (χ4n) is 2.23. The lowest BCUT2D eigenvalue weighted by Crippen LogP contribution is -1.96. The standard InChI is InChI=1S/C15H12N4O3/c16-11-1-2-12(10(5-11)7-17-22)13-8-19-4-3-9(15(20)21)6-14(19)18-13/h1-8,22H,16H2,(H,20,21). The predicted octanol–water partition coefficient (Wildman–Crippen LogP) is 2.09. The smallest absolute Gasteiger partial charge is 0.335 e. The number of carboxylic acid groups (broad SMARTS) is 1. The van der Waals surface area contributed by atoms with Crippen LogP contribution in [-0.4, -0.2) is 31.9 Å². The van der Waals surface area contributed by atoms with Crippen LogP contribution in [0.15, 0.2) is 47.9 Å². The number of nitrogens with two attached hydrogens (primary N) is 1. The van der Waals surface area contributed by atoms with E-state index in [0.29, 0.717) is 22.6 Å². The van der Waals surface area contributed by atoms with E-state index in [1.165, 1.54) is 18.3 Å². The molecule has 1 aromatic carbocycles. The van der Waals surface area contributed by atoms with E-state index < -0.39 is 5.97 Å². The number of nitrogen functional groups attached to an aromatic ring is 1. The van der Waals surface area contributed by atoms with Gasteiger partial charge in [0.25, 0.3) is 0 Å². The number of fused-ring (bicyclic) bond motifs is 1. The lowest BCUT2D eigenvalue weighted by atomic mass is 10.1. The molecular formula is C15H12N4O3. The summed E-state index contributed by atoms with van der Waals surface area (Å²) in [6.07, 6.45) is 4.67. The third-order valence-electron chi connectivity index (χ3n) is 3.26. The average Bonchev–Trinajstić information content (AvgIpc) is 2.90. The van der Waals surface area contributed by atoms with Crippen LogP contribution in [-0.2, 0) is 0 Å². The topological polar surface area (TPSA) is 113 Å². The summed E-state index contributed by atoms with van der Waals surface area (Å²) in [5, 5.41) is 20.8. The van der Waals surface area contributed by atoms with E-state index in [1.807, 2.05) is 0 Å². The minimum absolute atomic E-state index is 0.166. The van der Waals surface area contributed by atoms with E-state index in [2.05, 4.69) is 10.1 Å². The van der Waals surface area contributed by atoms with Gasteiger partial charge >= 0.3 is 5.97 Å². The Hall–Kier alpha value is -3.35. The lowest BCUT2D eigenvalue weighted by molar-refractivity contribution is 0.0697. The Morgan fingerprint density at radius 2 is 2.14 bits per heavy atom. The monoisotopic (exact) mass is 296 g/mol. The van der Waals surface area contributed by atoms with Crippen LogP contribution in [0.1, 0.15) is 15.9 Å². The summed E-state index contributed by atoms with van der Waals surface area (Å²) < 4.78 is 1.72. The van der Waals surface area contributed by atoms with Crippen LogP contribution >= 0.6 is 0 Å². The van der Waals surface area contributed by atoms with Gasteiger partial charge in [-0.25, -0.2) is 9.78 Å². The first-order valence-corrected chi connectivity index (χ1v) is 6.38. The van der Waals surface area contributed by atoms with Gasteiger partial charge in [0, 0.05) is 29.2 Å². The van der Waals surface area contributed by atoms with Crippen LogP contribution in [0.25, 0.3) is 16.9 Å². The van der Waals surface area contributed by atoms with E-state index in [1.54, 1.807) is 35.0 Å². The second kappa shape index (κ2) is 5.21. The Bertz CT molecular complexity index is 899. The van der Waals surface area contributed by atoms with E-state index >= 15 is 0 Å². The molecule has 0 unspecified atom stereocenters. The Kier molecular flexibility index (Phi) is 3.23. The minimum Gasteiger partial charge on any atom is -0.478 e. The number of nitrogens with zero attached hydrogens (tertiary/aromatic N) is 3. The molecule has 0 spiro atoms. The number of aromatic carboxylic acids is 1. The summed E-state index contributed by atoms with van der Waals surface area (Å²) in [6, 6.07) is 8.15. The SMILES string of the molecule is Nc1ccc(-c2cn3ccc(C(=O)O)cc3n2)c(C=NO)c1. The van der Waals surface area contributed by atoms with Crippen molar-refractivity contribution in [3.8, 4) is 11.3 Å². The fourth-order valence-corrected chi connectivity index (χ4v) is 2.23. The third-order valence-corrected chi connectivity index (χ3v) is 3.26. The zero-order valence-electron chi connectivity index (χ0n) is 11.3. The van der Waals surface area contributed by atoms with Gasteiger partial charge in [0.05, 0.1) is 17.5 Å². The van der Waals surface area contributed by atoms with Crippen molar-refractivity contribution in [2.45, 2.75) is 0 Å². The maximum atomic E-state index is 11.0. The number of aromatic nitrogens is 2. The number of carbonyl (C=O) groups is 1. The van der Waals surface area contributed by atoms with Crippen molar-refractivity contribution < 1.29 is 15.1 Å². The summed E-state index contributed by atoms with van der Waals surface area (Å²) in [7, 11) is 0. The molecule has 0 saturated carbocycles. The van der Waals surface area contributed by atoms with Crippen molar-refractivity contribution in [3.63, 3.8) is 0 Å². The number of rotatable bonds is 3. The maximum absolute atomic E-state index is 11.0.